The van der Waals surface area contributed by atoms with Crippen molar-refractivity contribution in [3.05, 3.63) is 47.3 Å². The van der Waals surface area contributed by atoms with E-state index in [0.29, 0.717) is 10.1 Å². The second kappa shape index (κ2) is 7.40. The first-order valence-electron chi connectivity index (χ1n) is 5.92. The molecule has 0 spiro atoms. The minimum Gasteiger partial charge on any atom is -0.257 e. The fourth-order valence-corrected chi connectivity index (χ4v) is 4.74. The third-order valence-electron chi connectivity index (χ3n) is 2.37. The lowest BCUT2D eigenvalue weighted by Crippen LogP contribution is -2.16. The zero-order valence-electron chi connectivity index (χ0n) is 11.1. The van der Waals surface area contributed by atoms with E-state index in [4.69, 9.17) is 11.6 Å². The number of anilines is 1. The SMILES string of the molecule is C=CCSc1nnc(NS(=O)(=O)Cc2c(F)cccc2Cl)s1. The fraction of sp³-hybridized carbons (Fsp3) is 0.167. The maximum Gasteiger partial charge on any atom is 0.238 e. The van der Waals surface area contributed by atoms with Crippen LogP contribution in [0.2, 0.25) is 5.02 Å². The predicted molar refractivity (Wildman–Crippen MR) is 88.5 cm³/mol. The van der Waals surface area contributed by atoms with Crippen LogP contribution in [-0.4, -0.2) is 24.4 Å². The number of hydrogen-bond acceptors (Lipinski definition) is 6. The molecule has 0 radical (unpaired) electrons. The van der Waals surface area contributed by atoms with Gasteiger partial charge >= 0.3 is 0 Å². The summed E-state index contributed by atoms with van der Waals surface area (Å²) in [5, 5.41) is 7.76. The molecule has 0 bridgehead atoms. The van der Waals surface area contributed by atoms with Crippen LogP contribution >= 0.6 is 34.7 Å². The van der Waals surface area contributed by atoms with E-state index < -0.39 is 21.6 Å². The first kappa shape index (κ1) is 17.2. The van der Waals surface area contributed by atoms with Gasteiger partial charge in [-0.25, -0.2) is 12.8 Å². The van der Waals surface area contributed by atoms with Crippen molar-refractivity contribution in [2.45, 2.75) is 10.1 Å². The topological polar surface area (TPSA) is 72.0 Å². The molecule has 1 heterocycles. The number of hydrogen-bond donors (Lipinski definition) is 1. The highest BCUT2D eigenvalue weighted by molar-refractivity contribution is 8.01. The number of rotatable bonds is 7. The highest BCUT2D eigenvalue weighted by atomic mass is 35.5. The van der Waals surface area contributed by atoms with Gasteiger partial charge in [0.25, 0.3) is 0 Å². The number of nitrogens with one attached hydrogen (secondary N) is 1. The Hall–Kier alpha value is -1.16. The number of nitrogens with zero attached hydrogens (tertiary/aromatic N) is 2. The van der Waals surface area contributed by atoms with Crippen LogP contribution in [0, 0.1) is 5.82 Å². The Morgan fingerprint density at radius 2 is 2.23 bits per heavy atom. The molecular weight excluding hydrogens is 369 g/mol. The van der Waals surface area contributed by atoms with Gasteiger partial charge in [-0.15, -0.1) is 16.8 Å². The van der Waals surface area contributed by atoms with Crippen molar-refractivity contribution in [2.24, 2.45) is 0 Å². The molecule has 0 aliphatic rings. The summed E-state index contributed by atoms with van der Waals surface area (Å²) in [6.45, 7) is 3.58. The van der Waals surface area contributed by atoms with Gasteiger partial charge in [-0.05, 0) is 12.1 Å². The number of benzene rings is 1. The third kappa shape index (κ3) is 4.67. The standard InChI is InChI=1S/C12H11ClFN3O2S3/c1-2-6-20-12-16-15-11(21-12)17-22(18,19)7-8-9(13)4-3-5-10(8)14/h2-5H,1,6-7H2,(H,15,17). The van der Waals surface area contributed by atoms with E-state index in [1.54, 1.807) is 6.08 Å². The normalized spacial score (nSPS) is 11.4. The summed E-state index contributed by atoms with van der Waals surface area (Å²) in [4.78, 5) is 0. The van der Waals surface area contributed by atoms with Gasteiger partial charge in [-0.3, -0.25) is 4.72 Å². The summed E-state index contributed by atoms with van der Waals surface area (Å²) in [5.41, 5.74) is -0.0811. The maximum absolute atomic E-state index is 13.6. The summed E-state index contributed by atoms with van der Waals surface area (Å²) in [7, 11) is -3.84. The summed E-state index contributed by atoms with van der Waals surface area (Å²) in [6, 6.07) is 4.01. The van der Waals surface area contributed by atoms with Crippen LogP contribution < -0.4 is 4.72 Å². The van der Waals surface area contributed by atoms with Gasteiger partial charge < -0.3 is 0 Å². The lowest BCUT2D eigenvalue weighted by molar-refractivity contribution is 0.591. The Morgan fingerprint density at radius 3 is 2.91 bits per heavy atom. The summed E-state index contributed by atoms with van der Waals surface area (Å²) in [5.74, 6) is -0.600. The smallest absolute Gasteiger partial charge is 0.238 e. The lowest BCUT2D eigenvalue weighted by Gasteiger charge is -2.07. The molecule has 5 nitrogen and oxygen atoms in total. The molecule has 1 N–H and O–H groups in total. The first-order chi connectivity index (χ1) is 10.4. The second-order valence-electron chi connectivity index (χ2n) is 4.03. The minimum absolute atomic E-state index is 0.0601. The largest absolute Gasteiger partial charge is 0.257 e. The van der Waals surface area contributed by atoms with Crippen LogP contribution in [0.3, 0.4) is 0 Å². The molecule has 1 aromatic heterocycles. The van der Waals surface area contributed by atoms with Gasteiger partial charge in [-0.2, -0.15) is 0 Å². The van der Waals surface area contributed by atoms with Crippen LogP contribution in [-0.2, 0) is 15.8 Å². The Kier molecular flexibility index (Phi) is 5.79. The van der Waals surface area contributed by atoms with E-state index in [1.165, 1.54) is 23.9 Å². The van der Waals surface area contributed by atoms with Crippen LogP contribution in [0.15, 0.2) is 35.2 Å². The summed E-state index contributed by atoms with van der Waals surface area (Å²) >= 11 is 8.31. The van der Waals surface area contributed by atoms with Gasteiger partial charge in [0.1, 0.15) is 5.82 Å². The van der Waals surface area contributed by atoms with E-state index in [2.05, 4.69) is 21.5 Å². The quantitative estimate of drug-likeness (QED) is 0.588. The van der Waals surface area contributed by atoms with Gasteiger partial charge in [0.2, 0.25) is 15.2 Å². The average molecular weight is 380 g/mol. The summed E-state index contributed by atoms with van der Waals surface area (Å²) in [6.07, 6.45) is 1.70. The Labute approximate surface area is 140 Å². The highest BCUT2D eigenvalue weighted by Gasteiger charge is 2.19. The molecule has 0 aliphatic heterocycles. The summed E-state index contributed by atoms with van der Waals surface area (Å²) < 4.78 is 40.7. The minimum atomic E-state index is -3.84. The average Bonchev–Trinajstić information content (AvgIpc) is 2.87. The number of sulfonamides is 1. The van der Waals surface area contributed by atoms with Crippen LogP contribution in [0.25, 0.3) is 0 Å². The monoisotopic (exact) mass is 379 g/mol. The molecule has 10 heteroatoms. The molecule has 118 valence electrons. The van der Waals surface area contributed by atoms with Crippen molar-refractivity contribution in [1.82, 2.24) is 10.2 Å². The molecule has 0 fully saturated rings. The van der Waals surface area contributed by atoms with E-state index in [-0.39, 0.29) is 15.7 Å². The number of thioether (sulfide) groups is 1. The Balaban J connectivity index is 2.11. The maximum atomic E-state index is 13.6. The van der Waals surface area contributed by atoms with Crippen molar-refractivity contribution in [3.8, 4) is 0 Å². The van der Waals surface area contributed by atoms with E-state index in [0.717, 1.165) is 17.4 Å². The second-order valence-corrected chi connectivity index (χ2v) is 8.41. The van der Waals surface area contributed by atoms with Crippen molar-refractivity contribution >= 4 is 49.9 Å². The molecular formula is C12H11ClFN3O2S3. The van der Waals surface area contributed by atoms with Gasteiger partial charge in [0.15, 0.2) is 4.34 Å². The van der Waals surface area contributed by atoms with Crippen LogP contribution in [0.1, 0.15) is 5.56 Å². The zero-order chi connectivity index (χ0) is 16.2. The van der Waals surface area contributed by atoms with Crippen LogP contribution in [0.4, 0.5) is 9.52 Å². The molecule has 22 heavy (non-hydrogen) atoms. The van der Waals surface area contributed by atoms with Crippen molar-refractivity contribution < 1.29 is 12.8 Å². The van der Waals surface area contributed by atoms with Gasteiger partial charge in [-0.1, -0.05) is 46.8 Å². The molecule has 0 saturated carbocycles. The zero-order valence-corrected chi connectivity index (χ0v) is 14.3. The van der Waals surface area contributed by atoms with Crippen LogP contribution in [0.5, 0.6) is 0 Å². The molecule has 2 aromatic rings. The Bertz CT molecular complexity index is 759. The molecule has 0 amide bonds. The predicted octanol–water partition coefficient (Wildman–Crippen LogP) is 3.55. The number of halogens is 2. The molecule has 0 aliphatic carbocycles. The first-order valence-corrected chi connectivity index (χ1v) is 9.75. The van der Waals surface area contributed by atoms with Crippen molar-refractivity contribution in [3.63, 3.8) is 0 Å². The highest BCUT2D eigenvalue weighted by Crippen LogP contribution is 2.27. The Morgan fingerprint density at radius 1 is 1.45 bits per heavy atom. The third-order valence-corrected chi connectivity index (χ3v) is 5.99. The van der Waals surface area contributed by atoms with Crippen molar-refractivity contribution in [2.75, 3.05) is 10.5 Å². The van der Waals surface area contributed by atoms with E-state index >= 15 is 0 Å². The van der Waals surface area contributed by atoms with E-state index in [9.17, 15) is 12.8 Å². The van der Waals surface area contributed by atoms with Gasteiger partial charge in [0, 0.05) is 16.3 Å². The molecule has 0 saturated heterocycles. The van der Waals surface area contributed by atoms with Crippen molar-refractivity contribution in [1.29, 1.82) is 0 Å². The molecule has 2 rings (SSSR count). The molecule has 0 atom stereocenters. The molecule has 1 aromatic carbocycles. The molecule has 0 unspecified atom stereocenters. The van der Waals surface area contributed by atoms with Gasteiger partial charge in [0.05, 0.1) is 5.75 Å². The lowest BCUT2D eigenvalue weighted by atomic mass is 10.2. The fourth-order valence-electron chi connectivity index (χ4n) is 1.47. The number of aromatic nitrogens is 2. The van der Waals surface area contributed by atoms with E-state index in [1.807, 2.05) is 0 Å².